The molecule has 0 unspecified atom stereocenters. The summed E-state index contributed by atoms with van der Waals surface area (Å²) in [5.41, 5.74) is 1.47. The SMILES string of the molecule is Cc1ccccc1OCC(=O)Nc1cc(Cl)ccc1OCc1cc(=O)n2c(ncn2C(C)C)n1. The molecular weight excluding hydrogens is 458 g/mol. The highest BCUT2D eigenvalue weighted by Gasteiger charge is 2.13. The summed E-state index contributed by atoms with van der Waals surface area (Å²) >= 11 is 6.12. The van der Waals surface area contributed by atoms with E-state index in [0.717, 1.165) is 5.56 Å². The highest BCUT2D eigenvalue weighted by Crippen LogP contribution is 2.29. The van der Waals surface area contributed by atoms with Crippen LogP contribution in [0.5, 0.6) is 11.5 Å². The van der Waals surface area contributed by atoms with E-state index in [1.165, 1.54) is 10.6 Å². The van der Waals surface area contributed by atoms with Crippen LogP contribution < -0.4 is 20.3 Å². The van der Waals surface area contributed by atoms with Crippen molar-refractivity contribution in [2.45, 2.75) is 33.4 Å². The molecule has 2 aromatic heterocycles. The Morgan fingerprint density at radius 1 is 1.12 bits per heavy atom. The molecule has 0 saturated heterocycles. The van der Waals surface area contributed by atoms with Crippen molar-refractivity contribution in [3.63, 3.8) is 0 Å². The first kappa shape index (κ1) is 23.3. The van der Waals surface area contributed by atoms with Crippen LogP contribution in [0.3, 0.4) is 0 Å². The number of aryl methyl sites for hydroxylation is 1. The predicted octanol–water partition coefficient (Wildman–Crippen LogP) is 4.03. The van der Waals surface area contributed by atoms with E-state index >= 15 is 0 Å². The lowest BCUT2D eigenvalue weighted by Gasteiger charge is -2.14. The van der Waals surface area contributed by atoms with Gasteiger partial charge in [0.05, 0.1) is 11.4 Å². The van der Waals surface area contributed by atoms with Gasteiger partial charge in [-0.3, -0.25) is 14.3 Å². The molecule has 2 aromatic carbocycles. The van der Waals surface area contributed by atoms with Gasteiger partial charge in [0.1, 0.15) is 24.4 Å². The van der Waals surface area contributed by atoms with Crippen molar-refractivity contribution in [3.05, 3.63) is 81.5 Å². The summed E-state index contributed by atoms with van der Waals surface area (Å²) in [5.74, 6) is 0.932. The molecule has 1 N–H and O–H groups in total. The van der Waals surface area contributed by atoms with Gasteiger partial charge in [0.15, 0.2) is 6.61 Å². The molecule has 4 rings (SSSR count). The average Bonchev–Trinajstić information content (AvgIpc) is 3.23. The van der Waals surface area contributed by atoms with Gasteiger partial charge in [-0.1, -0.05) is 29.8 Å². The first-order valence-electron chi connectivity index (χ1n) is 10.7. The Morgan fingerprint density at radius 3 is 2.68 bits per heavy atom. The van der Waals surface area contributed by atoms with Crippen molar-refractivity contribution >= 4 is 29.0 Å². The highest BCUT2D eigenvalue weighted by molar-refractivity contribution is 6.31. The minimum atomic E-state index is -0.368. The van der Waals surface area contributed by atoms with Crippen molar-refractivity contribution in [3.8, 4) is 11.5 Å². The van der Waals surface area contributed by atoms with Crippen molar-refractivity contribution in [2.24, 2.45) is 0 Å². The fourth-order valence-corrected chi connectivity index (χ4v) is 3.51. The zero-order chi connectivity index (χ0) is 24.2. The van der Waals surface area contributed by atoms with Gasteiger partial charge in [-0.2, -0.15) is 9.50 Å². The van der Waals surface area contributed by atoms with E-state index in [4.69, 9.17) is 21.1 Å². The lowest BCUT2D eigenvalue weighted by atomic mass is 10.2. The number of carbonyl (C=O) groups is 1. The highest BCUT2D eigenvalue weighted by atomic mass is 35.5. The van der Waals surface area contributed by atoms with Crippen LogP contribution >= 0.6 is 11.6 Å². The molecule has 0 aliphatic carbocycles. The van der Waals surface area contributed by atoms with Crippen molar-refractivity contribution in [1.82, 2.24) is 19.2 Å². The van der Waals surface area contributed by atoms with Crippen LogP contribution in [0.25, 0.3) is 5.78 Å². The van der Waals surface area contributed by atoms with E-state index in [1.54, 1.807) is 35.3 Å². The molecule has 9 nitrogen and oxygen atoms in total. The number of halogens is 1. The Hall–Kier alpha value is -3.85. The number of hydrogen-bond acceptors (Lipinski definition) is 6. The summed E-state index contributed by atoms with van der Waals surface area (Å²) in [4.78, 5) is 33.7. The molecule has 0 fully saturated rings. The lowest BCUT2D eigenvalue weighted by molar-refractivity contribution is -0.118. The van der Waals surface area contributed by atoms with E-state index in [2.05, 4.69) is 15.3 Å². The first-order valence-corrected chi connectivity index (χ1v) is 11.1. The third-order valence-corrected chi connectivity index (χ3v) is 5.26. The summed E-state index contributed by atoms with van der Waals surface area (Å²) in [6.07, 6.45) is 1.57. The van der Waals surface area contributed by atoms with Gasteiger partial charge in [-0.15, -0.1) is 0 Å². The number of anilines is 1. The third-order valence-electron chi connectivity index (χ3n) is 5.03. The second-order valence-electron chi connectivity index (χ2n) is 7.95. The molecule has 0 spiro atoms. The molecular formula is C24H24ClN5O4. The van der Waals surface area contributed by atoms with E-state index in [1.807, 2.05) is 39.0 Å². The molecule has 2 heterocycles. The van der Waals surface area contributed by atoms with E-state index in [9.17, 15) is 9.59 Å². The number of nitrogens with one attached hydrogen (secondary N) is 1. The lowest BCUT2D eigenvalue weighted by Crippen LogP contribution is -2.23. The summed E-state index contributed by atoms with van der Waals surface area (Å²) < 4.78 is 14.6. The number of hydrogen-bond donors (Lipinski definition) is 1. The number of amides is 1. The van der Waals surface area contributed by atoms with Crippen LogP contribution in [0.4, 0.5) is 5.69 Å². The van der Waals surface area contributed by atoms with Crippen molar-refractivity contribution in [1.29, 1.82) is 0 Å². The Balaban J connectivity index is 1.46. The number of para-hydroxylation sites is 1. The molecule has 0 bridgehead atoms. The molecule has 0 aliphatic heterocycles. The molecule has 0 saturated carbocycles. The second-order valence-corrected chi connectivity index (χ2v) is 8.38. The van der Waals surface area contributed by atoms with Gasteiger partial charge >= 0.3 is 0 Å². The van der Waals surface area contributed by atoms with Crippen LogP contribution in [0.15, 0.2) is 59.7 Å². The average molecular weight is 482 g/mol. The van der Waals surface area contributed by atoms with E-state index < -0.39 is 0 Å². The molecule has 0 atom stereocenters. The zero-order valence-electron chi connectivity index (χ0n) is 19.0. The largest absolute Gasteiger partial charge is 0.485 e. The normalized spacial score (nSPS) is 11.1. The van der Waals surface area contributed by atoms with Gasteiger partial charge in [0.25, 0.3) is 17.2 Å². The van der Waals surface area contributed by atoms with Gasteiger partial charge in [0.2, 0.25) is 0 Å². The smallest absolute Gasteiger partial charge is 0.274 e. The van der Waals surface area contributed by atoms with E-state index in [0.29, 0.717) is 27.9 Å². The fourth-order valence-electron chi connectivity index (χ4n) is 3.34. The number of fused-ring (bicyclic) bond motifs is 1. The molecule has 176 valence electrons. The zero-order valence-corrected chi connectivity index (χ0v) is 19.7. The van der Waals surface area contributed by atoms with Gasteiger partial charge in [-0.25, -0.2) is 4.98 Å². The summed E-state index contributed by atoms with van der Waals surface area (Å²) in [6.45, 7) is 5.63. The maximum absolute atomic E-state index is 12.6. The monoisotopic (exact) mass is 481 g/mol. The molecule has 34 heavy (non-hydrogen) atoms. The van der Waals surface area contributed by atoms with Gasteiger partial charge in [-0.05, 0) is 50.6 Å². The number of benzene rings is 2. The van der Waals surface area contributed by atoms with E-state index in [-0.39, 0.29) is 36.5 Å². The Bertz CT molecular complexity index is 1400. The first-order chi connectivity index (χ1) is 16.3. The molecule has 0 radical (unpaired) electrons. The topological polar surface area (TPSA) is 99.7 Å². The fraction of sp³-hybridized carbons (Fsp3) is 0.250. The third kappa shape index (κ3) is 5.20. The standard InChI is InChI=1S/C24H24ClN5O4/c1-15(2)29-14-26-24-27-18(11-23(32)30(24)29)12-33-21-9-8-17(25)10-19(21)28-22(31)13-34-20-7-5-4-6-16(20)3/h4-11,14-15H,12-13H2,1-3H3,(H,28,31). The van der Waals surface area contributed by atoms with Gasteiger partial charge in [0, 0.05) is 17.1 Å². The molecule has 1 amide bonds. The Labute approximate surface area is 200 Å². The summed E-state index contributed by atoms with van der Waals surface area (Å²) in [5, 5.41) is 3.19. The van der Waals surface area contributed by atoms with Crippen molar-refractivity contribution < 1.29 is 14.3 Å². The predicted molar refractivity (Wildman–Crippen MR) is 129 cm³/mol. The number of aromatic nitrogens is 4. The summed E-state index contributed by atoms with van der Waals surface area (Å²) in [6, 6.07) is 13.8. The van der Waals surface area contributed by atoms with Crippen LogP contribution in [-0.2, 0) is 11.4 Å². The summed E-state index contributed by atoms with van der Waals surface area (Å²) in [7, 11) is 0. The Morgan fingerprint density at radius 2 is 1.91 bits per heavy atom. The molecule has 4 aromatic rings. The maximum Gasteiger partial charge on any atom is 0.274 e. The van der Waals surface area contributed by atoms with Crippen LogP contribution in [0.1, 0.15) is 31.1 Å². The molecule has 10 heteroatoms. The number of rotatable bonds is 8. The van der Waals surface area contributed by atoms with Crippen LogP contribution in [0.2, 0.25) is 5.02 Å². The Kier molecular flexibility index (Phi) is 6.83. The maximum atomic E-state index is 12.6. The quantitative estimate of drug-likeness (QED) is 0.408. The van der Waals surface area contributed by atoms with Gasteiger partial charge < -0.3 is 14.8 Å². The minimum absolute atomic E-state index is 0.00446. The van der Waals surface area contributed by atoms with Crippen LogP contribution in [0, 0.1) is 6.92 Å². The number of nitrogens with zero attached hydrogens (tertiary/aromatic N) is 4. The second kappa shape index (κ2) is 9.96. The number of ether oxygens (including phenoxy) is 2. The van der Waals surface area contributed by atoms with Crippen LogP contribution in [-0.4, -0.2) is 31.7 Å². The van der Waals surface area contributed by atoms with Crippen molar-refractivity contribution in [2.75, 3.05) is 11.9 Å². The number of carbonyl (C=O) groups excluding carboxylic acids is 1. The molecule has 0 aliphatic rings. The minimum Gasteiger partial charge on any atom is -0.485 e.